The summed E-state index contributed by atoms with van der Waals surface area (Å²) in [5.41, 5.74) is 5.39. The van der Waals surface area contributed by atoms with Crippen LogP contribution in [0.3, 0.4) is 0 Å². The van der Waals surface area contributed by atoms with Crippen LogP contribution < -0.4 is 5.73 Å². The SMILES string of the molecule is CC/C=C\C/C=C\C/C=C\C/C=C\C/C=C\C/C=C\CCCCCCCCCCCCCCC(=O)OC(COC(=O)CCCCCCCCCCCCCCC/C=C\C/C=C\CCCCCCC)COP(=O)(O)OCCN. The third-order valence-electron chi connectivity index (χ3n) is 13.5. The minimum atomic E-state index is -4.40. The molecule has 0 saturated carbocycles. The highest BCUT2D eigenvalue weighted by Crippen LogP contribution is 2.43. The third-order valence-corrected chi connectivity index (χ3v) is 14.4. The highest BCUT2D eigenvalue weighted by atomic mass is 31.2. The molecule has 0 bridgehead atoms. The van der Waals surface area contributed by atoms with E-state index in [0.29, 0.717) is 6.42 Å². The van der Waals surface area contributed by atoms with Crippen molar-refractivity contribution in [3.05, 3.63) is 97.2 Å². The Hall–Kier alpha value is -3.07. The van der Waals surface area contributed by atoms with Crippen LogP contribution in [-0.4, -0.2) is 49.3 Å². The highest BCUT2D eigenvalue weighted by Gasteiger charge is 2.26. The van der Waals surface area contributed by atoms with Crippen molar-refractivity contribution in [1.82, 2.24) is 0 Å². The summed E-state index contributed by atoms with van der Waals surface area (Å²) in [6.07, 6.45) is 83.3. The number of hydrogen-bond acceptors (Lipinski definition) is 8. The molecule has 0 radical (unpaired) electrons. The van der Waals surface area contributed by atoms with Crippen LogP contribution in [0.5, 0.6) is 0 Å². The summed E-state index contributed by atoms with van der Waals surface area (Å²) in [5.74, 6) is -0.827. The van der Waals surface area contributed by atoms with E-state index in [4.69, 9.17) is 24.3 Å². The van der Waals surface area contributed by atoms with Gasteiger partial charge in [0.25, 0.3) is 0 Å². The van der Waals surface area contributed by atoms with Crippen LogP contribution >= 0.6 is 7.82 Å². The number of allylic oxidation sites excluding steroid dienone is 16. The summed E-state index contributed by atoms with van der Waals surface area (Å²) in [5, 5.41) is 0. The van der Waals surface area contributed by atoms with Crippen LogP contribution in [0.4, 0.5) is 0 Å². The van der Waals surface area contributed by atoms with Gasteiger partial charge in [0.1, 0.15) is 6.61 Å². The lowest BCUT2D eigenvalue weighted by atomic mass is 10.0. The molecule has 0 amide bonds. The molecule has 2 atom stereocenters. The maximum Gasteiger partial charge on any atom is 0.472 e. The topological polar surface area (TPSA) is 134 Å². The van der Waals surface area contributed by atoms with Gasteiger partial charge in [-0.05, 0) is 96.3 Å². The molecule has 0 aromatic heterocycles. The summed E-state index contributed by atoms with van der Waals surface area (Å²) >= 11 is 0. The van der Waals surface area contributed by atoms with Crippen LogP contribution in [0.25, 0.3) is 0 Å². The third kappa shape index (κ3) is 62.0. The molecule has 0 aliphatic heterocycles. The molecule has 444 valence electrons. The van der Waals surface area contributed by atoms with Gasteiger partial charge in [-0.2, -0.15) is 0 Å². The number of hydrogen-bond donors (Lipinski definition) is 2. The van der Waals surface area contributed by atoms with Crippen LogP contribution in [-0.2, 0) is 32.7 Å². The molecule has 0 spiro atoms. The van der Waals surface area contributed by atoms with E-state index in [9.17, 15) is 19.0 Å². The Bertz CT molecular complexity index is 1580. The molecule has 9 nitrogen and oxygen atoms in total. The Balaban J connectivity index is 3.95. The molecule has 3 N–H and O–H groups in total. The number of ether oxygens (including phenoxy) is 2. The fraction of sp³-hybridized carbons (Fsp3) is 0.731. The van der Waals surface area contributed by atoms with Crippen LogP contribution in [0, 0.1) is 0 Å². The summed E-state index contributed by atoms with van der Waals surface area (Å²) in [7, 11) is -4.40. The minimum absolute atomic E-state index is 0.0499. The first-order chi connectivity index (χ1) is 37.8. The molecule has 0 aromatic carbocycles. The van der Waals surface area contributed by atoms with E-state index < -0.39 is 26.5 Å². The first kappa shape index (κ1) is 73.9. The second-order valence-corrected chi connectivity index (χ2v) is 22.3. The fourth-order valence-corrected chi connectivity index (χ4v) is 9.55. The highest BCUT2D eigenvalue weighted by molar-refractivity contribution is 7.47. The van der Waals surface area contributed by atoms with Crippen LogP contribution in [0.2, 0.25) is 0 Å². The minimum Gasteiger partial charge on any atom is -0.462 e. The molecule has 0 rings (SSSR count). The first-order valence-electron chi connectivity index (χ1n) is 31.7. The molecule has 0 aliphatic rings. The van der Waals surface area contributed by atoms with Crippen molar-refractivity contribution in [1.29, 1.82) is 0 Å². The molecule has 0 heterocycles. The van der Waals surface area contributed by atoms with Gasteiger partial charge >= 0.3 is 19.8 Å². The number of unbranched alkanes of at least 4 members (excludes halogenated alkanes) is 30. The van der Waals surface area contributed by atoms with Gasteiger partial charge in [-0.15, -0.1) is 0 Å². The molecule has 0 saturated heterocycles. The van der Waals surface area contributed by atoms with Crippen LogP contribution in [0.1, 0.15) is 284 Å². The van der Waals surface area contributed by atoms with Crippen LogP contribution in [0.15, 0.2) is 97.2 Å². The summed E-state index contributed by atoms with van der Waals surface area (Å²) in [6, 6.07) is 0. The van der Waals surface area contributed by atoms with Crippen molar-refractivity contribution in [3.63, 3.8) is 0 Å². The van der Waals surface area contributed by atoms with Crippen molar-refractivity contribution in [3.8, 4) is 0 Å². The summed E-state index contributed by atoms with van der Waals surface area (Å²) in [6.45, 7) is 3.64. The molecular weight excluding hydrogens is 978 g/mol. The van der Waals surface area contributed by atoms with Gasteiger partial charge in [-0.1, -0.05) is 272 Å². The monoisotopic (exact) mass is 1100 g/mol. The smallest absolute Gasteiger partial charge is 0.462 e. The summed E-state index contributed by atoms with van der Waals surface area (Å²) in [4.78, 5) is 35.3. The molecule has 77 heavy (non-hydrogen) atoms. The van der Waals surface area contributed by atoms with E-state index in [1.165, 1.54) is 167 Å². The van der Waals surface area contributed by atoms with Crippen molar-refractivity contribution in [2.45, 2.75) is 290 Å². The Morgan fingerprint density at radius 2 is 0.714 bits per heavy atom. The van der Waals surface area contributed by atoms with Gasteiger partial charge in [-0.25, -0.2) is 4.57 Å². The largest absolute Gasteiger partial charge is 0.472 e. The Labute approximate surface area is 474 Å². The van der Waals surface area contributed by atoms with E-state index in [1.54, 1.807) is 0 Å². The van der Waals surface area contributed by atoms with Gasteiger partial charge in [0.05, 0.1) is 13.2 Å². The lowest BCUT2D eigenvalue weighted by molar-refractivity contribution is -0.161. The number of phosphoric ester groups is 1. The van der Waals surface area contributed by atoms with Crippen molar-refractivity contribution >= 4 is 19.8 Å². The van der Waals surface area contributed by atoms with Gasteiger partial charge in [0, 0.05) is 19.4 Å². The predicted octanol–water partition coefficient (Wildman–Crippen LogP) is 20.4. The Kier molecular flexibility index (Phi) is 59.7. The fourth-order valence-electron chi connectivity index (χ4n) is 8.79. The average molecular weight is 1100 g/mol. The van der Waals surface area contributed by atoms with E-state index in [-0.39, 0.29) is 38.6 Å². The second-order valence-electron chi connectivity index (χ2n) is 20.9. The van der Waals surface area contributed by atoms with Crippen molar-refractivity contribution in [2.75, 3.05) is 26.4 Å². The molecule has 2 unspecified atom stereocenters. The van der Waals surface area contributed by atoms with Crippen molar-refractivity contribution < 1.29 is 37.6 Å². The second kappa shape index (κ2) is 62.1. The van der Waals surface area contributed by atoms with Crippen molar-refractivity contribution in [2.24, 2.45) is 5.73 Å². The standard InChI is InChI=1S/C67H118NO8P/c1-3-5-7-9-11-13-15-17-19-21-23-25-27-29-30-31-32-33-34-36-38-40-42-44-46-48-50-52-54-56-58-60-67(70)76-65(64-75-77(71,72)74-62-61-68)63-73-66(69)59-57-55-53-51-49-47-45-43-41-39-37-35-28-26-24-22-20-18-16-14-12-10-8-6-4-2/h5,7,11,13,16-19,22-25,29-30,32-33,65H,3-4,6,8-10,12,14-15,20-21,26-28,31,34-64,68H2,1-2H3,(H,71,72)/b7-5-,13-11-,18-16-,19-17-,24-22-,25-23-,30-29-,33-32-. The van der Waals surface area contributed by atoms with E-state index in [2.05, 4.69) is 111 Å². The van der Waals surface area contributed by atoms with Gasteiger partial charge in [0.2, 0.25) is 0 Å². The average Bonchev–Trinajstić information content (AvgIpc) is 3.42. The number of carbonyl (C=O) groups is 2. The van der Waals surface area contributed by atoms with E-state index in [1.807, 2.05) is 0 Å². The number of esters is 2. The lowest BCUT2D eigenvalue weighted by Crippen LogP contribution is -2.29. The van der Waals surface area contributed by atoms with E-state index >= 15 is 0 Å². The zero-order chi connectivity index (χ0) is 55.9. The lowest BCUT2D eigenvalue weighted by Gasteiger charge is -2.19. The predicted molar refractivity (Wildman–Crippen MR) is 330 cm³/mol. The normalized spacial score (nSPS) is 13.7. The quantitative estimate of drug-likeness (QED) is 0.0264. The zero-order valence-electron chi connectivity index (χ0n) is 49.7. The number of carbonyl (C=O) groups excluding carboxylic acids is 2. The number of rotatable bonds is 59. The molecule has 10 heteroatoms. The molecule has 0 aliphatic carbocycles. The maximum absolute atomic E-state index is 12.7. The molecule has 0 fully saturated rings. The summed E-state index contributed by atoms with van der Waals surface area (Å²) < 4.78 is 33.1. The molecular formula is C67H118NO8P. The first-order valence-corrected chi connectivity index (χ1v) is 33.2. The van der Waals surface area contributed by atoms with Gasteiger partial charge in [-0.3, -0.25) is 18.6 Å². The maximum atomic E-state index is 12.7. The van der Waals surface area contributed by atoms with E-state index in [0.717, 1.165) is 83.5 Å². The van der Waals surface area contributed by atoms with Gasteiger partial charge < -0.3 is 20.1 Å². The Morgan fingerprint density at radius 1 is 0.403 bits per heavy atom. The Morgan fingerprint density at radius 3 is 1.06 bits per heavy atom. The molecule has 0 aromatic rings. The number of phosphoric acid groups is 1. The zero-order valence-corrected chi connectivity index (χ0v) is 50.6. The number of nitrogens with two attached hydrogens (primary N) is 1. The van der Waals surface area contributed by atoms with Gasteiger partial charge in [0.15, 0.2) is 6.10 Å².